The third-order valence-corrected chi connectivity index (χ3v) is 2.95. The normalized spacial score (nSPS) is 12.9. The quantitative estimate of drug-likeness (QED) is 0.349. The number of carboxylic acid groups (broad SMARTS) is 2. The molecule has 4 N–H and O–H groups in total. The van der Waals surface area contributed by atoms with Crippen molar-refractivity contribution in [2.75, 3.05) is 13.2 Å². The van der Waals surface area contributed by atoms with Crippen LogP contribution >= 0.6 is 0 Å². The molecule has 1 atom stereocenters. The topological polar surface area (TPSA) is 151 Å². The van der Waals surface area contributed by atoms with E-state index in [2.05, 4.69) is 0 Å². The Hall–Kier alpha value is -2.81. The second kappa shape index (κ2) is 8.73. The van der Waals surface area contributed by atoms with E-state index in [1.54, 1.807) is 18.2 Å². The van der Waals surface area contributed by atoms with Crippen LogP contribution in [0.15, 0.2) is 24.3 Å². The summed E-state index contributed by atoms with van der Waals surface area (Å²) < 4.78 is 9.99. The summed E-state index contributed by atoms with van der Waals surface area (Å²) in [4.78, 5) is 33.0. The van der Waals surface area contributed by atoms with Crippen molar-refractivity contribution in [3.05, 3.63) is 24.3 Å². The number of aliphatic hydroxyl groups is 1. The van der Waals surface area contributed by atoms with Gasteiger partial charge in [0.15, 0.2) is 17.1 Å². The number of hydrogen-bond donors (Lipinski definition) is 4. The SMILES string of the molecule is O=C(O)CC(O)(CC(=O)OCCCOc1ccccc1O)C(=O)O. The van der Waals surface area contributed by atoms with Crippen molar-refractivity contribution in [1.29, 1.82) is 0 Å². The van der Waals surface area contributed by atoms with Gasteiger partial charge in [0.1, 0.15) is 0 Å². The molecule has 0 fully saturated rings. The van der Waals surface area contributed by atoms with Crippen LogP contribution in [0.1, 0.15) is 19.3 Å². The number of aliphatic carboxylic acids is 2. The molecule has 24 heavy (non-hydrogen) atoms. The molecule has 0 spiro atoms. The number of carboxylic acids is 2. The van der Waals surface area contributed by atoms with Crippen LogP contribution in [0, 0.1) is 0 Å². The van der Waals surface area contributed by atoms with Crippen LogP contribution < -0.4 is 4.74 Å². The van der Waals surface area contributed by atoms with Crippen molar-refractivity contribution in [3.63, 3.8) is 0 Å². The number of hydrogen-bond acceptors (Lipinski definition) is 7. The first-order valence-corrected chi connectivity index (χ1v) is 6.98. The van der Waals surface area contributed by atoms with Gasteiger partial charge in [-0.1, -0.05) is 12.1 Å². The van der Waals surface area contributed by atoms with Gasteiger partial charge in [-0.05, 0) is 12.1 Å². The molecule has 0 aliphatic carbocycles. The summed E-state index contributed by atoms with van der Waals surface area (Å²) in [5.41, 5.74) is -2.71. The highest BCUT2D eigenvalue weighted by Gasteiger charge is 2.41. The van der Waals surface area contributed by atoms with Crippen LogP contribution in [0.3, 0.4) is 0 Å². The largest absolute Gasteiger partial charge is 0.504 e. The summed E-state index contributed by atoms with van der Waals surface area (Å²) in [5, 5.41) is 36.5. The maximum Gasteiger partial charge on any atom is 0.336 e. The molecule has 1 aromatic carbocycles. The van der Waals surface area contributed by atoms with Crippen LogP contribution in [-0.2, 0) is 19.1 Å². The third kappa shape index (κ3) is 6.13. The van der Waals surface area contributed by atoms with E-state index >= 15 is 0 Å². The fourth-order valence-corrected chi connectivity index (χ4v) is 1.76. The Kier molecular flexibility index (Phi) is 6.99. The van der Waals surface area contributed by atoms with Crippen molar-refractivity contribution >= 4 is 17.9 Å². The van der Waals surface area contributed by atoms with Gasteiger partial charge >= 0.3 is 17.9 Å². The lowest BCUT2D eigenvalue weighted by molar-refractivity contribution is -0.172. The number of carbonyl (C=O) groups excluding carboxylic acids is 1. The van der Waals surface area contributed by atoms with E-state index < -0.39 is 36.4 Å². The second-order valence-electron chi connectivity index (χ2n) is 4.97. The van der Waals surface area contributed by atoms with Crippen molar-refractivity contribution < 1.29 is 44.3 Å². The van der Waals surface area contributed by atoms with Gasteiger partial charge in [-0.3, -0.25) is 9.59 Å². The predicted octanol–water partition coefficient (Wildman–Crippen LogP) is 0.385. The van der Waals surface area contributed by atoms with Gasteiger partial charge in [0.2, 0.25) is 0 Å². The second-order valence-corrected chi connectivity index (χ2v) is 4.97. The van der Waals surface area contributed by atoms with Gasteiger partial charge in [0, 0.05) is 6.42 Å². The number of ether oxygens (including phenoxy) is 2. The number of aromatic hydroxyl groups is 1. The van der Waals surface area contributed by atoms with Crippen LogP contribution in [0.2, 0.25) is 0 Å². The highest BCUT2D eigenvalue weighted by Crippen LogP contribution is 2.24. The maximum absolute atomic E-state index is 11.5. The van der Waals surface area contributed by atoms with Crippen LogP contribution in [0.25, 0.3) is 0 Å². The van der Waals surface area contributed by atoms with E-state index in [9.17, 15) is 24.6 Å². The zero-order valence-corrected chi connectivity index (χ0v) is 12.7. The zero-order chi connectivity index (χ0) is 18.2. The molecular weight excluding hydrogens is 324 g/mol. The maximum atomic E-state index is 11.5. The lowest BCUT2D eigenvalue weighted by Crippen LogP contribution is -2.43. The van der Waals surface area contributed by atoms with Gasteiger partial charge < -0.3 is 29.9 Å². The van der Waals surface area contributed by atoms with Gasteiger partial charge in [-0.25, -0.2) is 4.79 Å². The van der Waals surface area contributed by atoms with E-state index in [0.29, 0.717) is 0 Å². The Morgan fingerprint density at radius 3 is 2.29 bits per heavy atom. The summed E-state index contributed by atoms with van der Waals surface area (Å²) in [5.74, 6) is -4.17. The molecule has 0 radical (unpaired) electrons. The Bertz CT molecular complexity index is 598. The molecule has 1 aromatic rings. The first-order chi connectivity index (χ1) is 11.2. The molecule has 9 heteroatoms. The first kappa shape index (κ1) is 19.2. The molecule has 1 unspecified atom stereocenters. The van der Waals surface area contributed by atoms with E-state index in [-0.39, 0.29) is 31.1 Å². The molecule has 0 heterocycles. The molecule has 0 aliphatic rings. The Morgan fingerprint density at radius 2 is 1.71 bits per heavy atom. The van der Waals surface area contributed by atoms with Gasteiger partial charge in [-0.15, -0.1) is 0 Å². The minimum absolute atomic E-state index is 0.0327. The predicted molar refractivity (Wildman–Crippen MR) is 78.6 cm³/mol. The zero-order valence-electron chi connectivity index (χ0n) is 12.7. The monoisotopic (exact) mass is 342 g/mol. The summed E-state index contributed by atoms with van der Waals surface area (Å²) in [6.45, 7) is 0.0123. The summed E-state index contributed by atoms with van der Waals surface area (Å²) in [6, 6.07) is 6.31. The van der Waals surface area contributed by atoms with E-state index in [0.717, 1.165) is 0 Å². The van der Waals surface area contributed by atoms with Gasteiger partial charge in [0.05, 0.1) is 26.1 Å². The molecule has 0 saturated heterocycles. The molecule has 132 valence electrons. The molecular formula is C15H18O9. The Labute approximate surface area is 137 Å². The number of rotatable bonds is 10. The minimum atomic E-state index is -2.71. The highest BCUT2D eigenvalue weighted by molar-refractivity contribution is 5.88. The van der Waals surface area contributed by atoms with Gasteiger partial charge in [-0.2, -0.15) is 0 Å². The van der Waals surface area contributed by atoms with Crippen LogP contribution in [0.5, 0.6) is 11.5 Å². The lowest BCUT2D eigenvalue weighted by atomic mass is 9.96. The molecule has 0 bridgehead atoms. The fourth-order valence-electron chi connectivity index (χ4n) is 1.76. The Balaban J connectivity index is 2.34. The average Bonchev–Trinajstić information content (AvgIpc) is 2.47. The van der Waals surface area contributed by atoms with Crippen molar-refractivity contribution in [3.8, 4) is 11.5 Å². The molecule has 0 saturated carbocycles. The fraction of sp³-hybridized carbons (Fsp3) is 0.400. The molecule has 0 aliphatic heterocycles. The van der Waals surface area contributed by atoms with E-state index in [1.165, 1.54) is 6.07 Å². The number of phenols is 1. The van der Waals surface area contributed by atoms with Crippen LogP contribution in [-0.4, -0.2) is 57.1 Å². The smallest absolute Gasteiger partial charge is 0.336 e. The van der Waals surface area contributed by atoms with Gasteiger partial charge in [0.25, 0.3) is 0 Å². The van der Waals surface area contributed by atoms with E-state index in [1.807, 2.05) is 0 Å². The number of para-hydroxylation sites is 2. The average molecular weight is 342 g/mol. The first-order valence-electron chi connectivity index (χ1n) is 6.98. The molecule has 0 amide bonds. The summed E-state index contributed by atoms with van der Waals surface area (Å²) in [7, 11) is 0. The summed E-state index contributed by atoms with van der Waals surface area (Å²) in [6.07, 6.45) is -1.84. The van der Waals surface area contributed by atoms with Crippen LogP contribution in [0.4, 0.5) is 0 Å². The number of esters is 1. The van der Waals surface area contributed by atoms with E-state index in [4.69, 9.17) is 19.7 Å². The minimum Gasteiger partial charge on any atom is -0.504 e. The number of benzene rings is 1. The molecule has 1 rings (SSSR count). The Morgan fingerprint density at radius 1 is 1.04 bits per heavy atom. The number of carbonyl (C=O) groups is 3. The molecule has 0 aromatic heterocycles. The molecule has 9 nitrogen and oxygen atoms in total. The highest BCUT2D eigenvalue weighted by atomic mass is 16.5. The third-order valence-electron chi connectivity index (χ3n) is 2.95. The number of phenolic OH excluding ortho intramolecular Hbond substituents is 1. The standard InChI is InChI=1S/C15H18O9/c16-10-4-1-2-5-11(10)23-6-3-7-24-13(19)9-15(22,14(20)21)8-12(17)18/h1-2,4-5,16,22H,3,6-9H2,(H,17,18)(H,20,21). The summed E-state index contributed by atoms with van der Waals surface area (Å²) >= 11 is 0. The van der Waals surface area contributed by atoms with Crippen molar-refractivity contribution in [1.82, 2.24) is 0 Å². The lowest BCUT2D eigenvalue weighted by Gasteiger charge is -2.20. The van der Waals surface area contributed by atoms with Crippen molar-refractivity contribution in [2.24, 2.45) is 0 Å². The van der Waals surface area contributed by atoms with Crippen molar-refractivity contribution in [2.45, 2.75) is 24.9 Å².